The van der Waals surface area contributed by atoms with Gasteiger partial charge in [-0.2, -0.15) is 0 Å². The normalized spacial score (nSPS) is 20.8. The number of hydrogen-bond donors (Lipinski definition) is 2. The van der Waals surface area contributed by atoms with Crippen molar-refractivity contribution in [2.24, 2.45) is 0 Å². The first kappa shape index (κ1) is 22.3. The quantitative estimate of drug-likeness (QED) is 0.697. The van der Waals surface area contributed by atoms with Crippen LogP contribution >= 0.6 is 11.6 Å². The molecule has 1 fully saturated rings. The van der Waals surface area contributed by atoms with Gasteiger partial charge < -0.3 is 20.1 Å². The van der Waals surface area contributed by atoms with E-state index < -0.39 is 11.4 Å². The minimum absolute atomic E-state index is 0.0636. The summed E-state index contributed by atoms with van der Waals surface area (Å²) in [5.41, 5.74) is 0.0725. The fraction of sp³-hybridized carbons (Fsp3) is 0.478. The average molecular weight is 458 g/mol. The van der Waals surface area contributed by atoms with Crippen molar-refractivity contribution in [3.63, 3.8) is 0 Å². The third kappa shape index (κ3) is 4.11. The van der Waals surface area contributed by atoms with Crippen molar-refractivity contribution in [1.82, 2.24) is 25.1 Å². The highest BCUT2D eigenvalue weighted by Crippen LogP contribution is 2.29. The minimum atomic E-state index is -1.04. The van der Waals surface area contributed by atoms with E-state index in [9.17, 15) is 14.4 Å². The van der Waals surface area contributed by atoms with Crippen molar-refractivity contribution in [1.29, 1.82) is 0 Å². The maximum absolute atomic E-state index is 13.4. The Balaban J connectivity index is 1.54. The Morgan fingerprint density at radius 2 is 2.03 bits per heavy atom. The van der Waals surface area contributed by atoms with Gasteiger partial charge in [0.1, 0.15) is 11.2 Å². The lowest BCUT2D eigenvalue weighted by Crippen LogP contribution is -2.64. The molecule has 1 aliphatic carbocycles. The number of rotatable bonds is 6. The smallest absolute Gasteiger partial charge is 0.273 e. The lowest BCUT2D eigenvalue weighted by atomic mass is 9.94. The van der Waals surface area contributed by atoms with E-state index >= 15 is 0 Å². The molecule has 2 N–H and O–H groups in total. The van der Waals surface area contributed by atoms with Crippen molar-refractivity contribution in [2.75, 3.05) is 6.54 Å². The topological polar surface area (TPSA) is 96.3 Å². The summed E-state index contributed by atoms with van der Waals surface area (Å²) in [6, 6.07) is 7.35. The molecule has 1 atom stereocenters. The first-order valence-corrected chi connectivity index (χ1v) is 11.4. The van der Waals surface area contributed by atoms with Crippen molar-refractivity contribution in [2.45, 2.75) is 64.2 Å². The van der Waals surface area contributed by atoms with Gasteiger partial charge in [-0.15, -0.1) is 0 Å². The van der Waals surface area contributed by atoms with Crippen molar-refractivity contribution in [3.8, 4) is 0 Å². The Morgan fingerprint density at radius 1 is 1.28 bits per heavy atom. The van der Waals surface area contributed by atoms with Crippen LogP contribution in [-0.2, 0) is 17.9 Å². The molecule has 0 spiro atoms. The summed E-state index contributed by atoms with van der Waals surface area (Å²) in [6.45, 7) is 4.47. The van der Waals surface area contributed by atoms with Crippen LogP contribution in [0.2, 0.25) is 5.02 Å². The van der Waals surface area contributed by atoms with Crippen LogP contribution in [0.3, 0.4) is 0 Å². The van der Waals surface area contributed by atoms with E-state index in [1.807, 2.05) is 19.1 Å². The van der Waals surface area contributed by atoms with Gasteiger partial charge in [-0.1, -0.05) is 36.6 Å². The third-order valence-electron chi connectivity index (χ3n) is 6.41. The molecule has 8 nitrogen and oxygen atoms in total. The zero-order valence-electron chi connectivity index (χ0n) is 18.4. The van der Waals surface area contributed by atoms with Gasteiger partial charge in [-0.25, -0.2) is 4.98 Å². The van der Waals surface area contributed by atoms with E-state index in [1.54, 1.807) is 28.5 Å². The number of hydrogen-bond acceptors (Lipinski definition) is 4. The number of amides is 3. The number of imidazole rings is 1. The highest BCUT2D eigenvalue weighted by Gasteiger charge is 2.48. The molecule has 3 amide bonds. The van der Waals surface area contributed by atoms with Crippen LogP contribution in [0.25, 0.3) is 0 Å². The Labute approximate surface area is 192 Å². The molecule has 1 saturated carbocycles. The van der Waals surface area contributed by atoms with Crippen molar-refractivity contribution >= 4 is 29.3 Å². The second-order valence-corrected chi connectivity index (χ2v) is 9.10. The molecule has 1 aromatic heterocycles. The molecule has 4 rings (SSSR count). The zero-order valence-corrected chi connectivity index (χ0v) is 19.1. The van der Waals surface area contributed by atoms with E-state index in [0.29, 0.717) is 11.6 Å². The molecule has 1 aliphatic heterocycles. The summed E-state index contributed by atoms with van der Waals surface area (Å²) in [6.07, 6.45) is 5.62. The summed E-state index contributed by atoms with van der Waals surface area (Å²) in [5.74, 6) is -0.971. The lowest BCUT2D eigenvalue weighted by molar-refractivity contribution is -0.133. The number of carbonyl (C=O) groups is 3. The Morgan fingerprint density at radius 3 is 2.72 bits per heavy atom. The third-order valence-corrected chi connectivity index (χ3v) is 6.65. The first-order chi connectivity index (χ1) is 15.3. The number of carbonyl (C=O) groups excluding carboxylic acids is 3. The molecule has 0 bridgehead atoms. The predicted molar refractivity (Wildman–Crippen MR) is 120 cm³/mol. The van der Waals surface area contributed by atoms with E-state index in [-0.39, 0.29) is 42.3 Å². The molecule has 9 heteroatoms. The predicted octanol–water partition coefficient (Wildman–Crippen LogP) is 2.76. The van der Waals surface area contributed by atoms with Gasteiger partial charge in [0.25, 0.3) is 11.8 Å². The molecular formula is C23H28ClN5O3. The molecule has 0 saturated heterocycles. The highest BCUT2D eigenvalue weighted by molar-refractivity contribution is 6.30. The van der Waals surface area contributed by atoms with Crippen LogP contribution in [0.15, 0.2) is 30.6 Å². The average Bonchev–Trinajstić information content (AvgIpc) is 3.42. The number of likely N-dealkylation sites (N-methyl/N-ethyl adjacent to an activating group) is 1. The zero-order chi connectivity index (χ0) is 22.9. The monoisotopic (exact) mass is 457 g/mol. The minimum Gasteiger partial charge on any atom is -0.351 e. The molecule has 2 aliphatic rings. The van der Waals surface area contributed by atoms with Crippen LogP contribution in [0, 0.1) is 0 Å². The number of aromatic nitrogens is 2. The summed E-state index contributed by atoms with van der Waals surface area (Å²) in [4.78, 5) is 45.2. The Bertz CT molecular complexity index is 1050. The lowest BCUT2D eigenvalue weighted by Gasteiger charge is -2.43. The van der Waals surface area contributed by atoms with Gasteiger partial charge in [-0.3, -0.25) is 14.4 Å². The summed E-state index contributed by atoms with van der Waals surface area (Å²) in [7, 11) is 0. The van der Waals surface area contributed by atoms with E-state index in [2.05, 4.69) is 15.6 Å². The molecule has 0 unspecified atom stereocenters. The van der Waals surface area contributed by atoms with Crippen molar-refractivity contribution in [3.05, 3.63) is 52.6 Å². The molecule has 170 valence electrons. The Hall–Kier alpha value is -2.87. The maximum atomic E-state index is 13.4. The number of nitrogens with zero attached hydrogens (tertiary/aromatic N) is 3. The number of benzene rings is 1. The summed E-state index contributed by atoms with van der Waals surface area (Å²) in [5, 5.41) is 6.50. The van der Waals surface area contributed by atoms with Crippen LogP contribution in [0.5, 0.6) is 0 Å². The standard InChI is InChI=1S/C23H28ClN5O3/c1-3-29-21(31)19-18(20(30)25-12-15-7-6-8-16(24)11-15)26-14-28(19)13-23(29,2)22(32)27-17-9-4-5-10-17/h6-8,11,14,17H,3-5,9-10,12-13H2,1-2H3,(H,25,30)(H,27,32)/t23-/m1/s1. The highest BCUT2D eigenvalue weighted by atomic mass is 35.5. The Kier molecular flexibility index (Phi) is 6.24. The molecule has 32 heavy (non-hydrogen) atoms. The van der Waals surface area contributed by atoms with Gasteiger partial charge in [0.2, 0.25) is 5.91 Å². The summed E-state index contributed by atoms with van der Waals surface area (Å²) >= 11 is 6.00. The second kappa shape index (κ2) is 8.94. The molecule has 1 aromatic carbocycles. The molecule has 2 aromatic rings. The summed E-state index contributed by atoms with van der Waals surface area (Å²) < 4.78 is 1.62. The maximum Gasteiger partial charge on any atom is 0.273 e. The fourth-order valence-electron chi connectivity index (χ4n) is 4.67. The largest absolute Gasteiger partial charge is 0.351 e. The van der Waals surface area contributed by atoms with Crippen LogP contribution < -0.4 is 10.6 Å². The molecule has 2 heterocycles. The van der Waals surface area contributed by atoms with E-state index in [0.717, 1.165) is 31.2 Å². The van der Waals surface area contributed by atoms with Gasteiger partial charge in [-0.05, 0) is 44.4 Å². The molecule has 0 radical (unpaired) electrons. The van der Waals surface area contributed by atoms with Gasteiger partial charge in [0.15, 0.2) is 5.69 Å². The number of nitrogens with one attached hydrogen (secondary N) is 2. The van der Waals surface area contributed by atoms with Gasteiger partial charge in [0, 0.05) is 24.2 Å². The van der Waals surface area contributed by atoms with Gasteiger partial charge >= 0.3 is 0 Å². The number of fused-ring (bicyclic) bond motifs is 1. The van der Waals surface area contributed by atoms with Gasteiger partial charge in [0.05, 0.1) is 12.9 Å². The molecular weight excluding hydrogens is 430 g/mol. The fourth-order valence-corrected chi connectivity index (χ4v) is 4.89. The van der Waals surface area contributed by atoms with Crippen LogP contribution in [-0.4, -0.2) is 50.3 Å². The second-order valence-electron chi connectivity index (χ2n) is 8.66. The number of halogens is 1. The van der Waals surface area contributed by atoms with Crippen LogP contribution in [0.1, 0.15) is 66.1 Å². The van der Waals surface area contributed by atoms with E-state index in [1.165, 1.54) is 6.33 Å². The first-order valence-electron chi connectivity index (χ1n) is 11.0. The van der Waals surface area contributed by atoms with Crippen molar-refractivity contribution < 1.29 is 14.4 Å². The SMILES string of the molecule is CCN1C(=O)c2c(C(=O)NCc3cccc(Cl)c3)ncn2C[C@]1(C)C(=O)NC1CCCC1. The van der Waals surface area contributed by atoms with Crippen LogP contribution in [0.4, 0.5) is 0 Å². The van der Waals surface area contributed by atoms with E-state index in [4.69, 9.17) is 11.6 Å².